The SMILES string of the molecule is CCC(CCNC(=NC)N1CCN(c2cccc(Cl)c2)CC1)N1CCCC1=O.I. The van der Waals surface area contributed by atoms with E-state index in [1.54, 1.807) is 0 Å². The Kier molecular flexibility index (Phi) is 9.82. The van der Waals surface area contributed by atoms with Gasteiger partial charge in [0.2, 0.25) is 5.91 Å². The number of nitrogens with zero attached hydrogens (tertiary/aromatic N) is 4. The second-order valence-electron chi connectivity index (χ2n) is 7.47. The highest BCUT2D eigenvalue weighted by Gasteiger charge is 2.26. The average molecular weight is 534 g/mol. The van der Waals surface area contributed by atoms with Crippen LogP contribution in [0.1, 0.15) is 32.6 Å². The van der Waals surface area contributed by atoms with Crippen molar-refractivity contribution in [3.05, 3.63) is 29.3 Å². The molecule has 1 N–H and O–H groups in total. The van der Waals surface area contributed by atoms with Crippen molar-refractivity contribution in [2.45, 2.75) is 38.6 Å². The Morgan fingerprint density at radius 3 is 2.59 bits per heavy atom. The van der Waals surface area contributed by atoms with Gasteiger partial charge in [-0.05, 0) is 37.5 Å². The topological polar surface area (TPSA) is 51.2 Å². The van der Waals surface area contributed by atoms with Crippen molar-refractivity contribution < 1.29 is 4.79 Å². The molecular formula is C21H33ClIN5O. The molecule has 29 heavy (non-hydrogen) atoms. The normalized spacial score (nSPS) is 18.7. The Morgan fingerprint density at radius 1 is 1.24 bits per heavy atom. The van der Waals surface area contributed by atoms with E-state index in [2.05, 4.69) is 38.0 Å². The highest BCUT2D eigenvalue weighted by atomic mass is 127. The second kappa shape index (κ2) is 11.8. The number of rotatable bonds is 6. The van der Waals surface area contributed by atoms with Gasteiger partial charge in [0.15, 0.2) is 5.96 Å². The molecule has 162 valence electrons. The number of anilines is 1. The van der Waals surface area contributed by atoms with Crippen molar-refractivity contribution in [2.75, 3.05) is 51.2 Å². The van der Waals surface area contributed by atoms with Gasteiger partial charge in [0.1, 0.15) is 0 Å². The van der Waals surface area contributed by atoms with Gasteiger partial charge < -0.3 is 20.0 Å². The Hall–Kier alpha value is -1.22. The number of guanidine groups is 1. The standard InChI is InChI=1S/C21H32ClN5O.HI/c1-3-18(27-11-5-8-20(27)28)9-10-24-21(23-2)26-14-12-25(13-15-26)19-7-4-6-17(22)16-19;/h4,6-7,16,18H,3,5,8-15H2,1-2H3,(H,23,24);1H. The average Bonchev–Trinajstić information content (AvgIpc) is 3.14. The summed E-state index contributed by atoms with van der Waals surface area (Å²) in [7, 11) is 1.84. The van der Waals surface area contributed by atoms with E-state index in [-0.39, 0.29) is 24.0 Å². The largest absolute Gasteiger partial charge is 0.368 e. The lowest BCUT2D eigenvalue weighted by atomic mass is 10.1. The van der Waals surface area contributed by atoms with Crippen molar-refractivity contribution >= 4 is 53.1 Å². The van der Waals surface area contributed by atoms with Crippen molar-refractivity contribution in [3.63, 3.8) is 0 Å². The molecule has 2 aliphatic rings. The quantitative estimate of drug-likeness (QED) is 0.346. The zero-order valence-electron chi connectivity index (χ0n) is 17.4. The number of piperazine rings is 1. The first-order valence-corrected chi connectivity index (χ1v) is 10.8. The van der Waals surface area contributed by atoms with Crippen LogP contribution < -0.4 is 10.2 Å². The fraction of sp³-hybridized carbons (Fsp3) is 0.619. The Bertz CT molecular complexity index is 693. The van der Waals surface area contributed by atoms with Crippen LogP contribution in [-0.2, 0) is 4.79 Å². The fourth-order valence-corrected chi connectivity index (χ4v) is 4.35. The minimum Gasteiger partial charge on any atom is -0.368 e. The van der Waals surface area contributed by atoms with Crippen LogP contribution in [-0.4, -0.2) is 74.0 Å². The number of carbonyl (C=O) groups excluding carboxylic acids is 1. The predicted molar refractivity (Wildman–Crippen MR) is 132 cm³/mol. The highest BCUT2D eigenvalue weighted by Crippen LogP contribution is 2.21. The maximum absolute atomic E-state index is 12.0. The summed E-state index contributed by atoms with van der Waals surface area (Å²) in [5, 5.41) is 4.28. The molecule has 1 aromatic carbocycles. The molecule has 8 heteroatoms. The van der Waals surface area contributed by atoms with Gasteiger partial charge in [0.25, 0.3) is 0 Å². The zero-order valence-corrected chi connectivity index (χ0v) is 20.5. The first-order valence-electron chi connectivity index (χ1n) is 10.4. The Labute approximate surface area is 196 Å². The molecule has 2 fully saturated rings. The zero-order chi connectivity index (χ0) is 19.9. The van der Waals surface area contributed by atoms with Gasteiger partial charge >= 0.3 is 0 Å². The molecule has 0 spiro atoms. The second-order valence-corrected chi connectivity index (χ2v) is 7.91. The molecule has 3 rings (SSSR count). The summed E-state index contributed by atoms with van der Waals surface area (Å²) in [6.45, 7) is 7.66. The van der Waals surface area contributed by atoms with E-state index in [4.69, 9.17) is 11.6 Å². The van der Waals surface area contributed by atoms with Crippen LogP contribution in [0, 0.1) is 0 Å². The predicted octanol–water partition coefficient (Wildman–Crippen LogP) is 3.45. The van der Waals surface area contributed by atoms with E-state index >= 15 is 0 Å². The number of likely N-dealkylation sites (tertiary alicyclic amines) is 1. The van der Waals surface area contributed by atoms with Crippen LogP contribution >= 0.6 is 35.6 Å². The number of hydrogen-bond acceptors (Lipinski definition) is 3. The van der Waals surface area contributed by atoms with Gasteiger partial charge in [0, 0.05) is 69.5 Å². The number of halogens is 2. The molecule has 6 nitrogen and oxygen atoms in total. The summed E-state index contributed by atoms with van der Waals surface area (Å²) in [4.78, 5) is 23.2. The van der Waals surface area contributed by atoms with Crippen LogP contribution in [0.4, 0.5) is 5.69 Å². The van der Waals surface area contributed by atoms with Gasteiger partial charge in [-0.25, -0.2) is 0 Å². The lowest BCUT2D eigenvalue weighted by Crippen LogP contribution is -2.53. The molecule has 0 saturated carbocycles. The maximum atomic E-state index is 12.0. The minimum atomic E-state index is 0. The van der Waals surface area contributed by atoms with E-state index in [1.807, 2.05) is 25.2 Å². The van der Waals surface area contributed by atoms with Gasteiger partial charge in [-0.2, -0.15) is 0 Å². The third-order valence-corrected chi connectivity index (χ3v) is 5.98. The molecule has 2 saturated heterocycles. The molecule has 1 aromatic rings. The summed E-state index contributed by atoms with van der Waals surface area (Å²) in [5.74, 6) is 1.27. The first kappa shape index (κ1) is 24.1. The van der Waals surface area contributed by atoms with Crippen molar-refractivity contribution in [1.29, 1.82) is 0 Å². The van der Waals surface area contributed by atoms with Crippen molar-refractivity contribution in [3.8, 4) is 0 Å². The first-order chi connectivity index (χ1) is 13.6. The molecule has 0 radical (unpaired) electrons. The van der Waals surface area contributed by atoms with Crippen LogP contribution in [0.2, 0.25) is 5.02 Å². The molecule has 0 aliphatic carbocycles. The number of aliphatic imine (C=N–C) groups is 1. The summed E-state index contributed by atoms with van der Waals surface area (Å²) in [6, 6.07) is 8.38. The van der Waals surface area contributed by atoms with Crippen molar-refractivity contribution in [1.82, 2.24) is 15.1 Å². The Morgan fingerprint density at radius 2 is 2.00 bits per heavy atom. The molecule has 2 heterocycles. The van der Waals surface area contributed by atoms with Crippen LogP contribution in [0.25, 0.3) is 0 Å². The van der Waals surface area contributed by atoms with Crippen molar-refractivity contribution in [2.24, 2.45) is 4.99 Å². The molecule has 0 bridgehead atoms. The minimum absolute atomic E-state index is 0. The van der Waals surface area contributed by atoms with Crippen LogP contribution in [0.3, 0.4) is 0 Å². The lowest BCUT2D eigenvalue weighted by Gasteiger charge is -2.38. The number of carbonyl (C=O) groups is 1. The molecule has 1 unspecified atom stereocenters. The number of benzene rings is 1. The Balaban J connectivity index is 0.00000300. The van der Waals surface area contributed by atoms with Crippen LogP contribution in [0.15, 0.2) is 29.3 Å². The maximum Gasteiger partial charge on any atom is 0.222 e. The van der Waals surface area contributed by atoms with Gasteiger partial charge in [-0.1, -0.05) is 24.6 Å². The van der Waals surface area contributed by atoms with E-state index in [9.17, 15) is 4.79 Å². The van der Waals surface area contributed by atoms with E-state index < -0.39 is 0 Å². The number of nitrogens with one attached hydrogen (secondary N) is 1. The molecule has 1 amide bonds. The summed E-state index contributed by atoms with van der Waals surface area (Å²) < 4.78 is 0. The monoisotopic (exact) mass is 533 g/mol. The van der Waals surface area contributed by atoms with Gasteiger partial charge in [-0.15, -0.1) is 24.0 Å². The molecule has 2 aliphatic heterocycles. The van der Waals surface area contributed by atoms with E-state index in [0.717, 1.165) is 69.5 Å². The van der Waals surface area contributed by atoms with E-state index in [0.29, 0.717) is 18.4 Å². The van der Waals surface area contributed by atoms with Crippen LogP contribution in [0.5, 0.6) is 0 Å². The van der Waals surface area contributed by atoms with Gasteiger partial charge in [0.05, 0.1) is 0 Å². The van der Waals surface area contributed by atoms with Gasteiger partial charge in [-0.3, -0.25) is 9.79 Å². The fourth-order valence-electron chi connectivity index (χ4n) is 4.17. The number of hydrogen-bond donors (Lipinski definition) is 1. The summed E-state index contributed by atoms with van der Waals surface area (Å²) in [6.07, 6.45) is 3.68. The smallest absolute Gasteiger partial charge is 0.222 e. The highest BCUT2D eigenvalue weighted by molar-refractivity contribution is 14.0. The lowest BCUT2D eigenvalue weighted by molar-refractivity contribution is -0.129. The summed E-state index contributed by atoms with van der Waals surface area (Å²) in [5.41, 5.74) is 1.18. The van der Waals surface area contributed by atoms with E-state index in [1.165, 1.54) is 5.69 Å². The third kappa shape index (κ3) is 6.38. The number of amides is 1. The molecule has 0 aromatic heterocycles. The summed E-state index contributed by atoms with van der Waals surface area (Å²) >= 11 is 6.13. The molecular weight excluding hydrogens is 501 g/mol. The third-order valence-electron chi connectivity index (χ3n) is 5.75. The molecule has 1 atom stereocenters.